The van der Waals surface area contributed by atoms with Crippen molar-refractivity contribution in [1.29, 1.82) is 0 Å². The van der Waals surface area contributed by atoms with Gasteiger partial charge < -0.3 is 5.32 Å². The van der Waals surface area contributed by atoms with E-state index in [0.29, 0.717) is 6.54 Å². The number of benzene rings is 1. The van der Waals surface area contributed by atoms with E-state index < -0.39 is 0 Å². The molecule has 142 valence electrons. The summed E-state index contributed by atoms with van der Waals surface area (Å²) in [6.45, 7) is 0.438. The lowest BCUT2D eigenvalue weighted by Crippen LogP contribution is -2.21. The first-order chi connectivity index (χ1) is 13.8. The fourth-order valence-corrected chi connectivity index (χ4v) is 3.57. The lowest BCUT2D eigenvalue weighted by Gasteiger charge is -2.13. The SMILES string of the molecule is O=C(C=C1CCCCC1)NCc1cn(-c2ccccc2)nc1-c1ccncc1. The van der Waals surface area contributed by atoms with E-state index in [9.17, 15) is 4.79 Å². The zero-order valence-electron chi connectivity index (χ0n) is 15.8. The zero-order chi connectivity index (χ0) is 19.2. The molecule has 3 aromatic rings. The maximum Gasteiger partial charge on any atom is 0.244 e. The Bertz CT molecular complexity index is 953. The first kappa shape index (κ1) is 18.2. The van der Waals surface area contributed by atoms with Crippen LogP contribution in [-0.4, -0.2) is 20.7 Å². The van der Waals surface area contributed by atoms with Crippen LogP contribution in [0.15, 0.2) is 72.7 Å². The first-order valence-electron chi connectivity index (χ1n) is 9.81. The van der Waals surface area contributed by atoms with Crippen LogP contribution in [0, 0.1) is 0 Å². The van der Waals surface area contributed by atoms with Gasteiger partial charge in [0.05, 0.1) is 11.4 Å². The van der Waals surface area contributed by atoms with Crippen LogP contribution < -0.4 is 5.32 Å². The van der Waals surface area contributed by atoms with Gasteiger partial charge in [-0.2, -0.15) is 5.10 Å². The van der Waals surface area contributed by atoms with Gasteiger partial charge in [-0.3, -0.25) is 9.78 Å². The van der Waals surface area contributed by atoms with Crippen LogP contribution >= 0.6 is 0 Å². The van der Waals surface area contributed by atoms with Gasteiger partial charge in [-0.15, -0.1) is 0 Å². The molecule has 0 aliphatic heterocycles. The number of para-hydroxylation sites is 1. The number of carbonyl (C=O) groups excluding carboxylic acids is 1. The number of nitrogens with one attached hydrogen (secondary N) is 1. The number of rotatable bonds is 5. The highest BCUT2D eigenvalue weighted by molar-refractivity contribution is 5.88. The third-order valence-electron chi connectivity index (χ3n) is 5.05. The average Bonchev–Trinajstić information content (AvgIpc) is 3.19. The van der Waals surface area contributed by atoms with Crippen LogP contribution in [0.2, 0.25) is 0 Å². The molecule has 2 heterocycles. The average molecular weight is 372 g/mol. The van der Waals surface area contributed by atoms with Gasteiger partial charge in [0, 0.05) is 42.3 Å². The third-order valence-corrected chi connectivity index (χ3v) is 5.05. The molecule has 1 N–H and O–H groups in total. The molecule has 0 atom stereocenters. The van der Waals surface area contributed by atoms with Gasteiger partial charge in [-0.25, -0.2) is 4.68 Å². The maximum atomic E-state index is 12.4. The fourth-order valence-electron chi connectivity index (χ4n) is 3.57. The molecule has 0 spiro atoms. The number of hydrogen-bond acceptors (Lipinski definition) is 3. The van der Waals surface area contributed by atoms with Crippen molar-refractivity contribution in [3.63, 3.8) is 0 Å². The van der Waals surface area contributed by atoms with Crippen molar-refractivity contribution >= 4 is 5.91 Å². The van der Waals surface area contributed by atoms with E-state index in [2.05, 4.69) is 10.3 Å². The molecule has 28 heavy (non-hydrogen) atoms. The normalized spacial score (nSPS) is 13.9. The summed E-state index contributed by atoms with van der Waals surface area (Å²) in [5, 5.41) is 7.80. The number of nitrogens with zero attached hydrogens (tertiary/aromatic N) is 3. The molecule has 5 nitrogen and oxygen atoms in total. The van der Waals surface area contributed by atoms with Crippen molar-refractivity contribution in [1.82, 2.24) is 20.1 Å². The van der Waals surface area contributed by atoms with Crippen LogP contribution in [-0.2, 0) is 11.3 Å². The highest BCUT2D eigenvalue weighted by Crippen LogP contribution is 2.24. The molecule has 1 aliphatic rings. The Hall–Kier alpha value is -3.21. The van der Waals surface area contributed by atoms with Gasteiger partial charge in [0.15, 0.2) is 0 Å². The lowest BCUT2D eigenvalue weighted by molar-refractivity contribution is -0.116. The van der Waals surface area contributed by atoms with E-state index in [0.717, 1.165) is 35.3 Å². The molecular formula is C23H24N4O. The van der Waals surface area contributed by atoms with Crippen molar-refractivity contribution in [2.24, 2.45) is 0 Å². The number of carbonyl (C=O) groups is 1. The summed E-state index contributed by atoms with van der Waals surface area (Å²) < 4.78 is 1.86. The molecule has 0 radical (unpaired) electrons. The summed E-state index contributed by atoms with van der Waals surface area (Å²) in [5.41, 5.74) is 5.07. The second kappa shape index (κ2) is 8.65. The van der Waals surface area contributed by atoms with Crippen LogP contribution in [0.25, 0.3) is 16.9 Å². The Labute approximate surface area is 165 Å². The molecule has 5 heteroatoms. The van der Waals surface area contributed by atoms with Crippen molar-refractivity contribution in [2.75, 3.05) is 0 Å². The molecule has 0 unspecified atom stereocenters. The molecular weight excluding hydrogens is 348 g/mol. The Morgan fingerprint density at radius 1 is 1.04 bits per heavy atom. The van der Waals surface area contributed by atoms with Crippen molar-refractivity contribution in [3.05, 3.63) is 78.3 Å². The predicted molar refractivity (Wildman–Crippen MR) is 110 cm³/mol. The van der Waals surface area contributed by atoms with Crippen LogP contribution in [0.1, 0.15) is 37.7 Å². The standard InChI is InChI=1S/C23H24N4O/c28-22(15-18-7-3-1-4-8-18)25-16-20-17-27(21-9-5-2-6-10-21)26-23(20)19-11-13-24-14-12-19/h2,5-6,9-15,17H,1,3-4,7-8,16H2,(H,25,28). The molecule has 1 amide bonds. The minimum atomic E-state index is -0.0231. The van der Waals surface area contributed by atoms with Gasteiger partial charge in [0.25, 0.3) is 0 Å². The number of hydrogen-bond donors (Lipinski definition) is 1. The van der Waals surface area contributed by atoms with Crippen molar-refractivity contribution < 1.29 is 4.79 Å². The van der Waals surface area contributed by atoms with Crippen molar-refractivity contribution in [3.8, 4) is 16.9 Å². The summed E-state index contributed by atoms with van der Waals surface area (Å²) in [5.74, 6) is -0.0231. The highest BCUT2D eigenvalue weighted by Gasteiger charge is 2.13. The molecule has 1 fully saturated rings. The molecule has 0 saturated heterocycles. The summed E-state index contributed by atoms with van der Waals surface area (Å²) in [4.78, 5) is 16.5. The summed E-state index contributed by atoms with van der Waals surface area (Å²) >= 11 is 0. The quantitative estimate of drug-likeness (QED) is 0.674. The number of amides is 1. The van der Waals surface area contributed by atoms with E-state index in [1.165, 1.54) is 24.8 Å². The molecule has 4 rings (SSSR count). The lowest BCUT2D eigenvalue weighted by atomic mass is 9.94. The second-order valence-electron chi connectivity index (χ2n) is 7.10. The van der Waals surface area contributed by atoms with Crippen LogP contribution in [0.3, 0.4) is 0 Å². The number of aromatic nitrogens is 3. The third kappa shape index (κ3) is 4.36. The topological polar surface area (TPSA) is 59.8 Å². The Balaban J connectivity index is 1.56. The Morgan fingerprint density at radius 2 is 1.79 bits per heavy atom. The van der Waals surface area contributed by atoms with Crippen LogP contribution in [0.4, 0.5) is 0 Å². The molecule has 0 bridgehead atoms. The minimum Gasteiger partial charge on any atom is -0.348 e. The highest BCUT2D eigenvalue weighted by atomic mass is 16.1. The monoisotopic (exact) mass is 372 g/mol. The fraction of sp³-hybridized carbons (Fsp3) is 0.261. The van der Waals surface area contributed by atoms with E-state index in [1.807, 2.05) is 53.3 Å². The van der Waals surface area contributed by atoms with Gasteiger partial charge in [0.2, 0.25) is 5.91 Å². The van der Waals surface area contributed by atoms with E-state index in [4.69, 9.17) is 5.10 Å². The Kier molecular flexibility index (Phi) is 5.61. The zero-order valence-corrected chi connectivity index (χ0v) is 15.8. The number of allylic oxidation sites excluding steroid dienone is 1. The molecule has 1 aliphatic carbocycles. The summed E-state index contributed by atoms with van der Waals surface area (Å²) in [6.07, 6.45) is 13.0. The number of pyridine rings is 1. The second-order valence-corrected chi connectivity index (χ2v) is 7.10. The summed E-state index contributed by atoms with van der Waals surface area (Å²) in [7, 11) is 0. The summed E-state index contributed by atoms with van der Waals surface area (Å²) in [6, 6.07) is 13.9. The smallest absolute Gasteiger partial charge is 0.244 e. The van der Waals surface area contributed by atoms with E-state index in [-0.39, 0.29) is 5.91 Å². The molecule has 1 aromatic carbocycles. The molecule has 2 aromatic heterocycles. The maximum absolute atomic E-state index is 12.4. The van der Waals surface area contributed by atoms with Crippen LogP contribution in [0.5, 0.6) is 0 Å². The van der Waals surface area contributed by atoms with Gasteiger partial charge in [-0.05, 0) is 49.9 Å². The van der Waals surface area contributed by atoms with Gasteiger partial charge in [-0.1, -0.05) is 30.2 Å². The van der Waals surface area contributed by atoms with Gasteiger partial charge >= 0.3 is 0 Å². The predicted octanol–water partition coefficient (Wildman–Crippen LogP) is 4.44. The van der Waals surface area contributed by atoms with Crippen molar-refractivity contribution in [2.45, 2.75) is 38.6 Å². The minimum absolute atomic E-state index is 0.0231. The van der Waals surface area contributed by atoms with E-state index in [1.54, 1.807) is 18.5 Å². The van der Waals surface area contributed by atoms with Gasteiger partial charge in [0.1, 0.15) is 0 Å². The Morgan fingerprint density at radius 3 is 2.54 bits per heavy atom. The van der Waals surface area contributed by atoms with E-state index >= 15 is 0 Å². The largest absolute Gasteiger partial charge is 0.348 e. The molecule has 1 saturated carbocycles. The first-order valence-corrected chi connectivity index (χ1v) is 9.81.